The lowest BCUT2D eigenvalue weighted by Crippen LogP contribution is -2.53. The lowest BCUT2D eigenvalue weighted by molar-refractivity contribution is -0.139. The van der Waals surface area contributed by atoms with Crippen molar-refractivity contribution in [3.8, 4) is 0 Å². The molecule has 110 valence electrons. The number of hydrogen-bond acceptors (Lipinski definition) is 5. The van der Waals surface area contributed by atoms with E-state index in [9.17, 15) is 19.5 Å². The number of aliphatic hydroxyl groups excluding tert-OH is 1. The number of piperidine rings is 1. The van der Waals surface area contributed by atoms with E-state index in [4.69, 9.17) is 0 Å². The zero-order chi connectivity index (χ0) is 15.1. The van der Waals surface area contributed by atoms with Crippen molar-refractivity contribution in [1.29, 1.82) is 0 Å². The van der Waals surface area contributed by atoms with E-state index in [1.165, 1.54) is 0 Å². The van der Waals surface area contributed by atoms with Gasteiger partial charge in [0.25, 0.3) is 5.91 Å². The van der Waals surface area contributed by atoms with Gasteiger partial charge >= 0.3 is 0 Å². The van der Waals surface area contributed by atoms with Gasteiger partial charge in [-0.05, 0) is 18.6 Å². The fourth-order valence-corrected chi connectivity index (χ4v) is 2.90. The van der Waals surface area contributed by atoms with Crippen molar-refractivity contribution >= 4 is 23.4 Å². The van der Waals surface area contributed by atoms with Crippen LogP contribution in [0.5, 0.6) is 0 Å². The molecule has 0 aromatic heterocycles. The third-order valence-electron chi connectivity index (χ3n) is 3.91. The number of anilines is 1. The predicted molar refractivity (Wildman–Crippen MR) is 73.3 cm³/mol. The van der Waals surface area contributed by atoms with E-state index in [0.29, 0.717) is 16.8 Å². The SMILES string of the molecule is CNc1cccc2c1C(O)N(C1CCC(=O)NC1=O)C2=O. The second-order valence-electron chi connectivity index (χ2n) is 5.07. The lowest BCUT2D eigenvalue weighted by Gasteiger charge is -2.32. The van der Waals surface area contributed by atoms with Crippen LogP contribution in [0, 0.1) is 0 Å². The molecule has 1 fully saturated rings. The second-order valence-corrected chi connectivity index (χ2v) is 5.07. The smallest absolute Gasteiger partial charge is 0.257 e. The fraction of sp³-hybridized carbons (Fsp3) is 0.357. The summed E-state index contributed by atoms with van der Waals surface area (Å²) in [4.78, 5) is 36.8. The van der Waals surface area contributed by atoms with Crippen LogP contribution in [0.15, 0.2) is 18.2 Å². The molecule has 3 amide bonds. The minimum atomic E-state index is -1.19. The van der Waals surface area contributed by atoms with E-state index in [2.05, 4.69) is 10.6 Å². The average molecular weight is 289 g/mol. The van der Waals surface area contributed by atoms with Gasteiger partial charge in [0.05, 0.1) is 0 Å². The maximum atomic E-state index is 12.5. The Bertz CT molecular complexity index is 643. The van der Waals surface area contributed by atoms with Gasteiger partial charge in [-0.25, -0.2) is 0 Å². The number of fused-ring (bicyclic) bond motifs is 1. The van der Waals surface area contributed by atoms with Crippen LogP contribution < -0.4 is 10.6 Å². The maximum absolute atomic E-state index is 12.5. The molecule has 1 aromatic carbocycles. The van der Waals surface area contributed by atoms with Crippen LogP contribution in [0.1, 0.15) is 35.0 Å². The molecule has 7 heteroatoms. The molecular weight excluding hydrogens is 274 g/mol. The van der Waals surface area contributed by atoms with Crippen LogP contribution in [0.4, 0.5) is 5.69 Å². The summed E-state index contributed by atoms with van der Waals surface area (Å²) < 4.78 is 0. The minimum Gasteiger partial charge on any atom is -0.388 e. The number of carbonyl (C=O) groups excluding carboxylic acids is 3. The van der Waals surface area contributed by atoms with E-state index in [1.54, 1.807) is 25.2 Å². The molecule has 0 radical (unpaired) electrons. The van der Waals surface area contributed by atoms with Crippen molar-refractivity contribution in [2.75, 3.05) is 12.4 Å². The first-order valence-electron chi connectivity index (χ1n) is 6.69. The zero-order valence-electron chi connectivity index (χ0n) is 11.4. The molecule has 3 N–H and O–H groups in total. The average Bonchev–Trinajstić information content (AvgIpc) is 2.72. The number of nitrogens with one attached hydrogen (secondary N) is 2. The van der Waals surface area contributed by atoms with Crippen LogP contribution >= 0.6 is 0 Å². The van der Waals surface area contributed by atoms with Crippen molar-refractivity contribution in [2.24, 2.45) is 0 Å². The van der Waals surface area contributed by atoms with Crippen molar-refractivity contribution in [1.82, 2.24) is 10.2 Å². The Kier molecular flexibility index (Phi) is 3.13. The van der Waals surface area contributed by atoms with E-state index >= 15 is 0 Å². The Morgan fingerprint density at radius 2 is 2.10 bits per heavy atom. The molecule has 2 heterocycles. The van der Waals surface area contributed by atoms with Crippen LogP contribution in [-0.2, 0) is 9.59 Å². The standard InChI is InChI=1S/C14H15N3O4/c1-15-8-4-2-3-7-11(8)14(21)17(13(7)20)9-5-6-10(18)16-12(9)19/h2-4,9,14-15,21H,5-6H2,1H3,(H,16,18,19). The number of aliphatic hydroxyl groups is 1. The lowest BCUT2D eigenvalue weighted by atomic mass is 10.0. The summed E-state index contributed by atoms with van der Waals surface area (Å²) in [6.45, 7) is 0. The van der Waals surface area contributed by atoms with Crippen molar-refractivity contribution in [3.05, 3.63) is 29.3 Å². The molecule has 0 saturated carbocycles. The Morgan fingerprint density at radius 3 is 2.76 bits per heavy atom. The van der Waals surface area contributed by atoms with Gasteiger partial charge in [0, 0.05) is 30.3 Å². The summed E-state index contributed by atoms with van der Waals surface area (Å²) in [5.74, 6) is -1.30. The highest BCUT2D eigenvalue weighted by Gasteiger charge is 2.45. The fourth-order valence-electron chi connectivity index (χ4n) is 2.90. The first-order chi connectivity index (χ1) is 10.0. The number of hydrogen-bond donors (Lipinski definition) is 3. The topological polar surface area (TPSA) is 98.7 Å². The highest BCUT2D eigenvalue weighted by atomic mass is 16.3. The van der Waals surface area contributed by atoms with Gasteiger partial charge in [-0.3, -0.25) is 24.6 Å². The Hall–Kier alpha value is -2.41. The third kappa shape index (κ3) is 1.97. The number of carbonyl (C=O) groups is 3. The molecule has 0 bridgehead atoms. The molecule has 0 spiro atoms. The van der Waals surface area contributed by atoms with Gasteiger partial charge in [-0.15, -0.1) is 0 Å². The molecule has 2 aliphatic rings. The first kappa shape index (κ1) is 13.6. The summed E-state index contributed by atoms with van der Waals surface area (Å²) in [7, 11) is 1.70. The first-order valence-corrected chi connectivity index (χ1v) is 6.69. The molecule has 0 aliphatic carbocycles. The Morgan fingerprint density at radius 1 is 1.33 bits per heavy atom. The second kappa shape index (κ2) is 4.85. The minimum absolute atomic E-state index is 0.155. The van der Waals surface area contributed by atoms with Crippen LogP contribution in [0.2, 0.25) is 0 Å². The van der Waals surface area contributed by atoms with Gasteiger partial charge in [0.15, 0.2) is 6.23 Å². The largest absolute Gasteiger partial charge is 0.388 e. The summed E-state index contributed by atoms with van der Waals surface area (Å²) in [5.41, 5.74) is 1.48. The summed E-state index contributed by atoms with van der Waals surface area (Å²) >= 11 is 0. The van der Waals surface area contributed by atoms with E-state index in [0.717, 1.165) is 4.90 Å². The van der Waals surface area contributed by atoms with Crippen LogP contribution in [0.25, 0.3) is 0 Å². The highest BCUT2D eigenvalue weighted by Crippen LogP contribution is 2.39. The van der Waals surface area contributed by atoms with Gasteiger partial charge in [-0.2, -0.15) is 0 Å². The van der Waals surface area contributed by atoms with Gasteiger partial charge < -0.3 is 10.4 Å². The molecule has 1 saturated heterocycles. The number of imide groups is 1. The predicted octanol–water partition coefficient (Wildman–Crippen LogP) is -0.0198. The molecule has 2 atom stereocenters. The Labute approximate surface area is 120 Å². The quantitative estimate of drug-likeness (QED) is 0.665. The van der Waals surface area contributed by atoms with E-state index in [-0.39, 0.29) is 18.7 Å². The maximum Gasteiger partial charge on any atom is 0.257 e. The molecule has 7 nitrogen and oxygen atoms in total. The molecule has 3 rings (SSSR count). The van der Waals surface area contributed by atoms with Crippen molar-refractivity contribution in [2.45, 2.75) is 25.1 Å². The summed E-state index contributed by atoms with van der Waals surface area (Å²) in [5, 5.41) is 15.6. The highest BCUT2D eigenvalue weighted by molar-refractivity contribution is 6.06. The third-order valence-corrected chi connectivity index (χ3v) is 3.91. The number of benzene rings is 1. The monoisotopic (exact) mass is 289 g/mol. The van der Waals surface area contributed by atoms with Crippen LogP contribution in [0.3, 0.4) is 0 Å². The molecule has 1 aromatic rings. The van der Waals surface area contributed by atoms with E-state index in [1.807, 2.05) is 0 Å². The van der Waals surface area contributed by atoms with Crippen LogP contribution in [-0.4, -0.2) is 40.8 Å². The number of rotatable bonds is 2. The van der Waals surface area contributed by atoms with Crippen molar-refractivity contribution in [3.63, 3.8) is 0 Å². The molecule has 2 aliphatic heterocycles. The molecular formula is C14H15N3O4. The summed E-state index contributed by atoms with van der Waals surface area (Å²) in [6.07, 6.45) is -0.821. The summed E-state index contributed by atoms with van der Waals surface area (Å²) in [6, 6.07) is 4.25. The van der Waals surface area contributed by atoms with Gasteiger partial charge in [0.2, 0.25) is 11.8 Å². The van der Waals surface area contributed by atoms with Gasteiger partial charge in [-0.1, -0.05) is 6.07 Å². The number of amides is 3. The zero-order valence-corrected chi connectivity index (χ0v) is 11.4. The normalized spacial score (nSPS) is 24.9. The number of nitrogens with zero attached hydrogens (tertiary/aromatic N) is 1. The van der Waals surface area contributed by atoms with Gasteiger partial charge in [0.1, 0.15) is 6.04 Å². The molecule has 21 heavy (non-hydrogen) atoms. The molecule has 2 unspecified atom stereocenters. The van der Waals surface area contributed by atoms with Crippen molar-refractivity contribution < 1.29 is 19.5 Å². The van der Waals surface area contributed by atoms with E-state index < -0.39 is 24.1 Å². The Balaban J connectivity index is 1.98.